The lowest BCUT2D eigenvalue weighted by Gasteiger charge is -2.07. The second-order valence-corrected chi connectivity index (χ2v) is 4.22. The average Bonchev–Trinajstić information content (AvgIpc) is 2.74. The van der Waals surface area contributed by atoms with E-state index in [1.807, 2.05) is 19.1 Å². The minimum atomic E-state index is -0.942. The van der Waals surface area contributed by atoms with Crippen LogP contribution in [0.15, 0.2) is 22.6 Å². The van der Waals surface area contributed by atoms with Gasteiger partial charge in [0.2, 0.25) is 0 Å². The van der Waals surface area contributed by atoms with E-state index in [0.717, 1.165) is 11.5 Å². The predicted molar refractivity (Wildman–Crippen MR) is 65.3 cm³/mol. The molecule has 2 heterocycles. The predicted octanol–water partition coefficient (Wildman–Crippen LogP) is 2.54. The standard InChI is InChI=1S/C13H14N2O3/c1-7-6-10(11-5-4-8(2)18-11)15-12(14-7)9(3)13(16)17/h4-6,9H,1-3H3,(H,16,17). The van der Waals surface area contributed by atoms with Gasteiger partial charge in [0, 0.05) is 5.69 Å². The van der Waals surface area contributed by atoms with Crippen LogP contribution in [0.3, 0.4) is 0 Å². The van der Waals surface area contributed by atoms with Crippen molar-refractivity contribution in [2.75, 3.05) is 0 Å². The number of aromatic nitrogens is 2. The van der Waals surface area contributed by atoms with Crippen LogP contribution in [0.2, 0.25) is 0 Å². The van der Waals surface area contributed by atoms with Crippen LogP contribution < -0.4 is 0 Å². The van der Waals surface area contributed by atoms with Crippen molar-refractivity contribution >= 4 is 5.97 Å². The molecule has 2 aromatic rings. The first-order valence-electron chi connectivity index (χ1n) is 5.62. The molecule has 0 fully saturated rings. The first-order chi connectivity index (χ1) is 8.47. The number of hydrogen-bond acceptors (Lipinski definition) is 4. The van der Waals surface area contributed by atoms with Crippen molar-refractivity contribution in [3.05, 3.63) is 35.5 Å². The van der Waals surface area contributed by atoms with E-state index < -0.39 is 11.9 Å². The summed E-state index contributed by atoms with van der Waals surface area (Å²) in [4.78, 5) is 19.4. The van der Waals surface area contributed by atoms with Gasteiger partial charge in [0.05, 0.1) is 0 Å². The Morgan fingerprint density at radius 3 is 2.61 bits per heavy atom. The fourth-order valence-corrected chi connectivity index (χ4v) is 1.59. The fourth-order valence-electron chi connectivity index (χ4n) is 1.59. The van der Waals surface area contributed by atoms with Crippen LogP contribution in [0, 0.1) is 13.8 Å². The molecule has 0 aliphatic heterocycles. The number of furan rings is 1. The van der Waals surface area contributed by atoms with E-state index in [1.54, 1.807) is 19.9 Å². The Kier molecular flexibility index (Phi) is 3.14. The Hall–Kier alpha value is -2.17. The number of rotatable bonds is 3. The highest BCUT2D eigenvalue weighted by molar-refractivity contribution is 5.74. The van der Waals surface area contributed by atoms with E-state index in [0.29, 0.717) is 17.3 Å². The van der Waals surface area contributed by atoms with Gasteiger partial charge in [-0.2, -0.15) is 0 Å². The summed E-state index contributed by atoms with van der Waals surface area (Å²) >= 11 is 0. The summed E-state index contributed by atoms with van der Waals surface area (Å²) in [5, 5.41) is 8.99. The quantitative estimate of drug-likeness (QED) is 0.900. The van der Waals surface area contributed by atoms with Gasteiger partial charge >= 0.3 is 5.97 Å². The van der Waals surface area contributed by atoms with Gasteiger partial charge in [0.1, 0.15) is 23.2 Å². The number of aryl methyl sites for hydroxylation is 2. The van der Waals surface area contributed by atoms with Crippen LogP contribution in [0.1, 0.15) is 30.1 Å². The molecule has 18 heavy (non-hydrogen) atoms. The van der Waals surface area contributed by atoms with Crippen molar-refractivity contribution in [1.82, 2.24) is 9.97 Å². The molecular formula is C13H14N2O3. The number of carboxylic acids is 1. The second kappa shape index (κ2) is 4.60. The van der Waals surface area contributed by atoms with Gasteiger partial charge in [-0.05, 0) is 39.0 Å². The molecule has 0 spiro atoms. The molecule has 0 radical (unpaired) electrons. The maximum atomic E-state index is 11.0. The first kappa shape index (κ1) is 12.3. The van der Waals surface area contributed by atoms with Gasteiger partial charge < -0.3 is 9.52 Å². The molecule has 0 bridgehead atoms. The van der Waals surface area contributed by atoms with E-state index in [1.165, 1.54) is 0 Å². The van der Waals surface area contributed by atoms with Crippen molar-refractivity contribution < 1.29 is 14.3 Å². The van der Waals surface area contributed by atoms with Crippen molar-refractivity contribution in [3.63, 3.8) is 0 Å². The normalized spacial score (nSPS) is 12.4. The fraction of sp³-hybridized carbons (Fsp3) is 0.308. The Morgan fingerprint density at radius 2 is 2.06 bits per heavy atom. The highest BCUT2D eigenvalue weighted by Gasteiger charge is 2.18. The van der Waals surface area contributed by atoms with Gasteiger partial charge in [0.25, 0.3) is 0 Å². The summed E-state index contributed by atoms with van der Waals surface area (Å²) < 4.78 is 5.48. The minimum absolute atomic E-state index is 0.298. The van der Waals surface area contributed by atoms with Crippen LogP contribution in [0.5, 0.6) is 0 Å². The second-order valence-electron chi connectivity index (χ2n) is 4.22. The van der Waals surface area contributed by atoms with E-state index in [2.05, 4.69) is 9.97 Å². The zero-order valence-corrected chi connectivity index (χ0v) is 10.5. The van der Waals surface area contributed by atoms with Gasteiger partial charge in [-0.15, -0.1) is 0 Å². The van der Waals surface area contributed by atoms with Gasteiger partial charge in [-0.1, -0.05) is 0 Å². The monoisotopic (exact) mass is 246 g/mol. The first-order valence-corrected chi connectivity index (χ1v) is 5.62. The molecule has 1 unspecified atom stereocenters. The van der Waals surface area contributed by atoms with Crippen molar-refractivity contribution in [2.45, 2.75) is 26.7 Å². The van der Waals surface area contributed by atoms with Gasteiger partial charge in [-0.3, -0.25) is 4.79 Å². The lowest BCUT2D eigenvalue weighted by molar-refractivity contribution is -0.138. The van der Waals surface area contributed by atoms with Crippen LogP contribution in [0.4, 0.5) is 0 Å². The molecule has 5 nitrogen and oxygen atoms in total. The van der Waals surface area contributed by atoms with Crippen molar-refractivity contribution in [2.24, 2.45) is 0 Å². The zero-order valence-electron chi connectivity index (χ0n) is 10.5. The number of aliphatic carboxylic acids is 1. The summed E-state index contributed by atoms with van der Waals surface area (Å²) in [5.74, 6) is 0.0272. The van der Waals surface area contributed by atoms with E-state index >= 15 is 0 Å². The summed E-state index contributed by atoms with van der Waals surface area (Å²) in [6.45, 7) is 5.21. The van der Waals surface area contributed by atoms with Crippen LogP contribution in [-0.2, 0) is 4.79 Å². The molecule has 0 aliphatic rings. The maximum Gasteiger partial charge on any atom is 0.313 e. The zero-order chi connectivity index (χ0) is 13.3. The highest BCUT2D eigenvalue weighted by atomic mass is 16.4. The Bertz CT molecular complexity index is 590. The molecular weight excluding hydrogens is 232 g/mol. The largest absolute Gasteiger partial charge is 0.481 e. The molecule has 0 aromatic carbocycles. The number of hydrogen-bond donors (Lipinski definition) is 1. The minimum Gasteiger partial charge on any atom is -0.481 e. The van der Waals surface area contributed by atoms with E-state index in [4.69, 9.17) is 9.52 Å². The molecule has 5 heteroatoms. The summed E-state index contributed by atoms with van der Waals surface area (Å²) in [6, 6.07) is 5.43. The third kappa shape index (κ3) is 2.40. The average molecular weight is 246 g/mol. The van der Waals surface area contributed by atoms with Crippen molar-refractivity contribution in [3.8, 4) is 11.5 Å². The number of carboxylic acid groups (broad SMARTS) is 1. The maximum absolute atomic E-state index is 11.0. The smallest absolute Gasteiger partial charge is 0.313 e. The lowest BCUT2D eigenvalue weighted by atomic mass is 10.1. The molecule has 0 aliphatic carbocycles. The Balaban J connectivity index is 2.47. The van der Waals surface area contributed by atoms with Crippen molar-refractivity contribution in [1.29, 1.82) is 0 Å². The number of nitrogens with zero attached hydrogens (tertiary/aromatic N) is 2. The number of carbonyl (C=O) groups is 1. The summed E-state index contributed by atoms with van der Waals surface area (Å²) in [6.07, 6.45) is 0. The van der Waals surface area contributed by atoms with Gasteiger partial charge in [0.15, 0.2) is 5.76 Å². The molecule has 1 N–H and O–H groups in total. The third-order valence-corrected chi connectivity index (χ3v) is 2.62. The van der Waals surface area contributed by atoms with E-state index in [9.17, 15) is 4.79 Å². The molecule has 1 atom stereocenters. The van der Waals surface area contributed by atoms with Crippen LogP contribution in [0.25, 0.3) is 11.5 Å². The molecule has 0 amide bonds. The highest BCUT2D eigenvalue weighted by Crippen LogP contribution is 2.22. The molecule has 2 rings (SSSR count). The topological polar surface area (TPSA) is 76.2 Å². The van der Waals surface area contributed by atoms with Gasteiger partial charge in [-0.25, -0.2) is 9.97 Å². The Labute approximate surface area is 105 Å². The summed E-state index contributed by atoms with van der Waals surface area (Å²) in [7, 11) is 0. The van der Waals surface area contributed by atoms with E-state index in [-0.39, 0.29) is 0 Å². The lowest BCUT2D eigenvalue weighted by Crippen LogP contribution is -2.12. The molecule has 0 saturated heterocycles. The Morgan fingerprint density at radius 1 is 1.33 bits per heavy atom. The van der Waals surface area contributed by atoms with Crippen LogP contribution >= 0.6 is 0 Å². The molecule has 0 saturated carbocycles. The van der Waals surface area contributed by atoms with Crippen LogP contribution in [-0.4, -0.2) is 21.0 Å². The third-order valence-electron chi connectivity index (χ3n) is 2.62. The SMILES string of the molecule is Cc1cc(-c2ccc(C)o2)nc(C(C)C(=O)O)n1. The molecule has 2 aromatic heterocycles. The molecule has 94 valence electrons. The summed E-state index contributed by atoms with van der Waals surface area (Å²) in [5.41, 5.74) is 1.33.